The van der Waals surface area contributed by atoms with Crippen LogP contribution in [0.5, 0.6) is 11.5 Å². The van der Waals surface area contributed by atoms with E-state index < -0.39 is 6.10 Å². The minimum absolute atomic E-state index is 0.357. The second-order valence-corrected chi connectivity index (χ2v) is 5.51. The van der Waals surface area contributed by atoms with E-state index in [9.17, 15) is 5.11 Å². The van der Waals surface area contributed by atoms with Crippen LogP contribution >= 0.6 is 0 Å². The van der Waals surface area contributed by atoms with Crippen molar-refractivity contribution in [3.63, 3.8) is 0 Å². The Balaban J connectivity index is 1.71. The van der Waals surface area contributed by atoms with Crippen molar-refractivity contribution in [1.82, 2.24) is 0 Å². The van der Waals surface area contributed by atoms with Crippen molar-refractivity contribution in [3.05, 3.63) is 24.3 Å². The molecule has 0 amide bonds. The fraction of sp³-hybridized carbons (Fsp3) is 0.625. The van der Waals surface area contributed by atoms with E-state index in [1.807, 2.05) is 24.3 Å². The lowest BCUT2D eigenvalue weighted by molar-refractivity contribution is -0.902. The number of nitrogens with one attached hydrogen (secondary N) is 1. The molecule has 1 unspecified atom stereocenters. The van der Waals surface area contributed by atoms with Gasteiger partial charge in [-0.25, -0.2) is 0 Å². The summed E-state index contributed by atoms with van der Waals surface area (Å²) in [5.41, 5.74) is 0. The summed E-state index contributed by atoms with van der Waals surface area (Å²) in [6, 6.07) is 7.46. The van der Waals surface area contributed by atoms with Crippen LogP contribution in [0.2, 0.25) is 0 Å². The van der Waals surface area contributed by atoms with Crippen LogP contribution in [0.15, 0.2) is 24.3 Å². The van der Waals surface area contributed by atoms with Crippen LogP contribution in [0.3, 0.4) is 0 Å². The molecule has 1 aliphatic rings. The van der Waals surface area contributed by atoms with Gasteiger partial charge >= 0.3 is 0 Å². The Kier molecular flexibility index (Phi) is 6.15. The topological polar surface area (TPSA) is 43.1 Å². The molecule has 4 heteroatoms. The van der Waals surface area contributed by atoms with Crippen LogP contribution in [0.1, 0.15) is 25.7 Å². The predicted octanol–water partition coefficient (Wildman–Crippen LogP) is 0.894. The highest BCUT2D eigenvalue weighted by molar-refractivity contribution is 5.31. The first-order valence-electron chi connectivity index (χ1n) is 7.56. The second-order valence-electron chi connectivity index (χ2n) is 5.51. The van der Waals surface area contributed by atoms with Gasteiger partial charge < -0.3 is 19.5 Å². The van der Waals surface area contributed by atoms with Gasteiger partial charge in [0.15, 0.2) is 0 Å². The second kappa shape index (κ2) is 8.12. The summed E-state index contributed by atoms with van der Waals surface area (Å²) in [4.78, 5) is 1.51. The quantitative estimate of drug-likeness (QED) is 0.813. The Bertz CT molecular complexity index is 372. The molecule has 1 aromatic rings. The summed E-state index contributed by atoms with van der Waals surface area (Å²) in [5.74, 6) is 1.59. The third-order valence-corrected chi connectivity index (χ3v) is 3.84. The summed E-state index contributed by atoms with van der Waals surface area (Å²) in [7, 11) is 1.64. The molecule has 1 saturated heterocycles. The van der Waals surface area contributed by atoms with Crippen LogP contribution in [-0.2, 0) is 0 Å². The molecule has 1 heterocycles. The number of aliphatic hydroxyl groups is 1. The molecule has 1 aliphatic heterocycles. The maximum absolute atomic E-state index is 10.1. The molecule has 2 N–H and O–H groups in total. The molecule has 112 valence electrons. The SMILES string of the molecule is COc1ccc(OCC(O)C[NH+]2CCCCCC2)cc1. The molecule has 1 aromatic carbocycles. The summed E-state index contributed by atoms with van der Waals surface area (Å²) in [6.45, 7) is 3.51. The normalized spacial score (nSPS) is 18.3. The number of benzene rings is 1. The lowest BCUT2D eigenvalue weighted by Crippen LogP contribution is -3.13. The molecule has 0 bridgehead atoms. The Morgan fingerprint density at radius 1 is 1.05 bits per heavy atom. The third-order valence-electron chi connectivity index (χ3n) is 3.84. The fourth-order valence-electron chi connectivity index (χ4n) is 2.69. The summed E-state index contributed by atoms with van der Waals surface area (Å²) >= 11 is 0. The zero-order valence-corrected chi connectivity index (χ0v) is 12.3. The fourth-order valence-corrected chi connectivity index (χ4v) is 2.69. The summed E-state index contributed by atoms with van der Waals surface area (Å²) < 4.78 is 10.7. The number of rotatable bonds is 6. The standard InChI is InChI=1S/C16H25NO3/c1-19-15-6-8-16(9-7-15)20-13-14(18)12-17-10-4-2-3-5-11-17/h6-9,14,18H,2-5,10-13H2,1H3/p+1. The highest BCUT2D eigenvalue weighted by Gasteiger charge is 2.17. The van der Waals surface area contributed by atoms with Crippen LogP contribution in [0.4, 0.5) is 0 Å². The number of ether oxygens (including phenoxy) is 2. The lowest BCUT2D eigenvalue weighted by Gasteiger charge is -2.20. The Morgan fingerprint density at radius 2 is 1.65 bits per heavy atom. The van der Waals surface area contributed by atoms with Crippen molar-refractivity contribution in [2.24, 2.45) is 0 Å². The van der Waals surface area contributed by atoms with Crippen LogP contribution in [-0.4, -0.2) is 44.6 Å². The number of hydrogen-bond acceptors (Lipinski definition) is 3. The molecule has 0 radical (unpaired) electrons. The van der Waals surface area contributed by atoms with Crippen molar-refractivity contribution in [3.8, 4) is 11.5 Å². The van der Waals surface area contributed by atoms with E-state index in [1.165, 1.54) is 43.7 Å². The predicted molar refractivity (Wildman–Crippen MR) is 78.5 cm³/mol. The lowest BCUT2D eigenvalue weighted by atomic mass is 10.2. The first-order valence-corrected chi connectivity index (χ1v) is 7.56. The van der Waals surface area contributed by atoms with Crippen molar-refractivity contribution in [2.45, 2.75) is 31.8 Å². The summed E-state index contributed by atoms with van der Waals surface area (Å²) in [5, 5.41) is 10.1. The number of likely N-dealkylation sites (tertiary alicyclic amines) is 1. The number of methoxy groups -OCH3 is 1. The molecular formula is C16H26NO3+. The Morgan fingerprint density at radius 3 is 2.25 bits per heavy atom. The minimum atomic E-state index is -0.398. The molecule has 2 rings (SSSR count). The van der Waals surface area contributed by atoms with Crippen LogP contribution < -0.4 is 14.4 Å². The van der Waals surface area contributed by atoms with Gasteiger partial charge in [-0.3, -0.25) is 0 Å². The maximum Gasteiger partial charge on any atom is 0.137 e. The van der Waals surface area contributed by atoms with Gasteiger partial charge in [0.1, 0.15) is 30.8 Å². The first-order chi connectivity index (χ1) is 9.78. The molecule has 0 aromatic heterocycles. The molecule has 1 fully saturated rings. The van der Waals surface area contributed by atoms with E-state index in [2.05, 4.69) is 0 Å². The van der Waals surface area contributed by atoms with Gasteiger partial charge in [-0.05, 0) is 49.9 Å². The minimum Gasteiger partial charge on any atom is -0.497 e. The van der Waals surface area contributed by atoms with E-state index in [0.717, 1.165) is 18.0 Å². The zero-order valence-electron chi connectivity index (χ0n) is 12.3. The third kappa shape index (κ3) is 5.02. The highest BCUT2D eigenvalue weighted by atomic mass is 16.5. The number of hydrogen-bond donors (Lipinski definition) is 2. The molecule has 1 atom stereocenters. The molecular weight excluding hydrogens is 254 g/mol. The number of quaternary nitrogens is 1. The average molecular weight is 280 g/mol. The monoisotopic (exact) mass is 280 g/mol. The van der Waals surface area contributed by atoms with E-state index in [0.29, 0.717) is 6.61 Å². The number of aliphatic hydroxyl groups excluding tert-OH is 1. The van der Waals surface area contributed by atoms with Crippen molar-refractivity contribution in [1.29, 1.82) is 0 Å². The van der Waals surface area contributed by atoms with Gasteiger partial charge in [0.25, 0.3) is 0 Å². The largest absolute Gasteiger partial charge is 0.497 e. The van der Waals surface area contributed by atoms with Gasteiger partial charge in [0.05, 0.1) is 20.2 Å². The van der Waals surface area contributed by atoms with Gasteiger partial charge in [0, 0.05) is 0 Å². The van der Waals surface area contributed by atoms with Crippen LogP contribution in [0, 0.1) is 0 Å². The zero-order chi connectivity index (χ0) is 14.2. The molecule has 20 heavy (non-hydrogen) atoms. The van der Waals surface area contributed by atoms with Gasteiger partial charge in [0.2, 0.25) is 0 Å². The Labute approximate surface area is 121 Å². The van der Waals surface area contributed by atoms with E-state index in [-0.39, 0.29) is 0 Å². The average Bonchev–Trinajstić information content (AvgIpc) is 2.74. The maximum atomic E-state index is 10.1. The van der Waals surface area contributed by atoms with Crippen molar-refractivity contribution >= 4 is 0 Å². The van der Waals surface area contributed by atoms with E-state index in [4.69, 9.17) is 9.47 Å². The molecule has 0 saturated carbocycles. The van der Waals surface area contributed by atoms with Crippen LogP contribution in [0.25, 0.3) is 0 Å². The van der Waals surface area contributed by atoms with Crippen molar-refractivity contribution < 1.29 is 19.5 Å². The van der Waals surface area contributed by atoms with Gasteiger partial charge in [-0.1, -0.05) is 0 Å². The Hall–Kier alpha value is -1.26. The van der Waals surface area contributed by atoms with Gasteiger partial charge in [-0.2, -0.15) is 0 Å². The van der Waals surface area contributed by atoms with Crippen molar-refractivity contribution in [2.75, 3.05) is 33.4 Å². The van der Waals surface area contributed by atoms with Gasteiger partial charge in [-0.15, -0.1) is 0 Å². The molecule has 0 aliphatic carbocycles. The first kappa shape index (κ1) is 15.1. The molecule has 0 spiro atoms. The highest BCUT2D eigenvalue weighted by Crippen LogP contribution is 2.16. The molecule has 4 nitrogen and oxygen atoms in total. The van der Waals surface area contributed by atoms with E-state index >= 15 is 0 Å². The smallest absolute Gasteiger partial charge is 0.137 e. The summed E-state index contributed by atoms with van der Waals surface area (Å²) in [6.07, 6.45) is 4.83. The van der Waals surface area contributed by atoms with E-state index in [1.54, 1.807) is 7.11 Å².